The van der Waals surface area contributed by atoms with E-state index in [1.54, 1.807) is 30.2 Å². The predicted molar refractivity (Wildman–Crippen MR) is 115 cm³/mol. The van der Waals surface area contributed by atoms with E-state index in [1.165, 1.54) is 0 Å². The SMILES string of the molecule is COc1ccccc1-c1nc(CSc2nnc(-c3ccccc3Cl)n2C)cs1. The molecule has 0 bridgehead atoms. The Kier molecular flexibility index (Phi) is 5.66. The van der Waals surface area contributed by atoms with E-state index in [4.69, 9.17) is 21.3 Å². The van der Waals surface area contributed by atoms with E-state index in [1.807, 2.05) is 60.1 Å². The summed E-state index contributed by atoms with van der Waals surface area (Å²) < 4.78 is 7.40. The molecule has 0 aliphatic carbocycles. The lowest BCUT2D eigenvalue weighted by Gasteiger charge is -2.05. The maximum atomic E-state index is 6.29. The number of hydrogen-bond donors (Lipinski definition) is 0. The van der Waals surface area contributed by atoms with Gasteiger partial charge in [-0.25, -0.2) is 4.98 Å². The maximum absolute atomic E-state index is 6.29. The van der Waals surface area contributed by atoms with Crippen LogP contribution in [0.5, 0.6) is 5.75 Å². The Morgan fingerprint density at radius 2 is 1.82 bits per heavy atom. The first kappa shape index (κ1) is 19.0. The Morgan fingerprint density at radius 3 is 2.61 bits per heavy atom. The Hall–Kier alpha value is -2.35. The fraction of sp³-hybridized carbons (Fsp3) is 0.150. The van der Waals surface area contributed by atoms with Gasteiger partial charge < -0.3 is 9.30 Å². The number of thiazole rings is 1. The lowest BCUT2D eigenvalue weighted by atomic mass is 10.2. The molecule has 4 aromatic rings. The second-order valence-corrected chi connectivity index (χ2v) is 8.19. The molecule has 2 aromatic carbocycles. The number of aromatic nitrogens is 4. The van der Waals surface area contributed by atoms with E-state index in [0.29, 0.717) is 10.8 Å². The third-order valence-electron chi connectivity index (χ3n) is 4.19. The molecule has 8 heteroatoms. The third-order valence-corrected chi connectivity index (χ3v) is 6.50. The molecular formula is C20H17ClN4OS2. The van der Waals surface area contributed by atoms with Crippen molar-refractivity contribution in [2.24, 2.45) is 7.05 Å². The van der Waals surface area contributed by atoms with Crippen molar-refractivity contribution in [3.05, 3.63) is 64.6 Å². The van der Waals surface area contributed by atoms with Gasteiger partial charge in [0.2, 0.25) is 0 Å². The lowest BCUT2D eigenvalue weighted by molar-refractivity contribution is 0.416. The quantitative estimate of drug-likeness (QED) is 0.376. The highest BCUT2D eigenvalue weighted by molar-refractivity contribution is 7.98. The van der Waals surface area contributed by atoms with Crippen LogP contribution in [-0.4, -0.2) is 26.9 Å². The average Bonchev–Trinajstić information content (AvgIpc) is 3.33. The van der Waals surface area contributed by atoms with Crippen molar-refractivity contribution in [1.82, 2.24) is 19.7 Å². The van der Waals surface area contributed by atoms with E-state index in [2.05, 4.69) is 15.6 Å². The molecule has 0 fully saturated rings. The molecule has 0 radical (unpaired) electrons. The van der Waals surface area contributed by atoms with Crippen LogP contribution in [0.4, 0.5) is 0 Å². The molecular weight excluding hydrogens is 412 g/mol. The van der Waals surface area contributed by atoms with Gasteiger partial charge in [0.1, 0.15) is 10.8 Å². The van der Waals surface area contributed by atoms with Gasteiger partial charge in [0, 0.05) is 23.7 Å². The Bertz CT molecular complexity index is 1110. The second-order valence-electron chi connectivity index (χ2n) is 5.98. The van der Waals surface area contributed by atoms with Crippen molar-refractivity contribution in [1.29, 1.82) is 0 Å². The maximum Gasteiger partial charge on any atom is 0.191 e. The smallest absolute Gasteiger partial charge is 0.191 e. The number of benzene rings is 2. The number of rotatable bonds is 6. The zero-order valence-corrected chi connectivity index (χ0v) is 17.7. The van der Waals surface area contributed by atoms with Crippen molar-refractivity contribution in [3.8, 4) is 27.7 Å². The number of ether oxygens (including phenoxy) is 1. The second kappa shape index (κ2) is 8.34. The number of methoxy groups -OCH3 is 1. The molecule has 0 saturated heterocycles. The van der Waals surface area contributed by atoms with E-state index >= 15 is 0 Å². The Balaban J connectivity index is 1.51. The van der Waals surface area contributed by atoms with Crippen LogP contribution in [0.15, 0.2) is 59.1 Å². The molecule has 28 heavy (non-hydrogen) atoms. The molecule has 142 valence electrons. The molecule has 5 nitrogen and oxygen atoms in total. The van der Waals surface area contributed by atoms with Crippen LogP contribution in [0.1, 0.15) is 5.69 Å². The minimum atomic E-state index is 0.663. The summed E-state index contributed by atoms with van der Waals surface area (Å²) in [5.41, 5.74) is 2.88. The van der Waals surface area contributed by atoms with E-state index in [-0.39, 0.29) is 0 Å². The summed E-state index contributed by atoms with van der Waals surface area (Å²) >= 11 is 9.50. The Morgan fingerprint density at radius 1 is 1.07 bits per heavy atom. The molecule has 0 aliphatic rings. The number of halogens is 1. The van der Waals surface area contributed by atoms with Crippen molar-refractivity contribution >= 4 is 34.7 Å². The summed E-state index contributed by atoms with van der Waals surface area (Å²) in [6, 6.07) is 15.6. The molecule has 0 N–H and O–H groups in total. The van der Waals surface area contributed by atoms with Gasteiger partial charge in [0.25, 0.3) is 0 Å². The molecule has 2 heterocycles. The number of hydrogen-bond acceptors (Lipinski definition) is 6. The van der Waals surface area contributed by atoms with Crippen LogP contribution in [0.3, 0.4) is 0 Å². The summed E-state index contributed by atoms with van der Waals surface area (Å²) in [6.07, 6.45) is 0. The zero-order chi connectivity index (χ0) is 19.5. The van der Waals surface area contributed by atoms with Gasteiger partial charge in [-0.1, -0.05) is 47.6 Å². The first-order valence-corrected chi connectivity index (χ1v) is 10.8. The van der Waals surface area contributed by atoms with Gasteiger partial charge in [0.05, 0.1) is 23.4 Å². The van der Waals surface area contributed by atoms with Crippen molar-refractivity contribution < 1.29 is 4.74 Å². The minimum absolute atomic E-state index is 0.663. The molecule has 0 atom stereocenters. The van der Waals surface area contributed by atoms with Crippen LogP contribution in [0.25, 0.3) is 22.0 Å². The average molecular weight is 429 g/mol. The number of thioether (sulfide) groups is 1. The van der Waals surface area contributed by atoms with E-state index < -0.39 is 0 Å². The molecule has 2 aromatic heterocycles. The van der Waals surface area contributed by atoms with Gasteiger partial charge in [-0.15, -0.1) is 21.5 Å². The topological polar surface area (TPSA) is 52.8 Å². The van der Waals surface area contributed by atoms with Crippen LogP contribution in [0, 0.1) is 0 Å². The van der Waals surface area contributed by atoms with Crippen LogP contribution in [-0.2, 0) is 12.8 Å². The molecule has 0 amide bonds. The normalized spacial score (nSPS) is 11.0. The first-order chi connectivity index (χ1) is 13.7. The lowest BCUT2D eigenvalue weighted by Crippen LogP contribution is -1.95. The van der Waals surface area contributed by atoms with E-state index in [9.17, 15) is 0 Å². The fourth-order valence-electron chi connectivity index (χ4n) is 2.77. The zero-order valence-electron chi connectivity index (χ0n) is 15.3. The van der Waals surface area contributed by atoms with Gasteiger partial charge in [-0.05, 0) is 24.3 Å². The monoisotopic (exact) mass is 428 g/mol. The van der Waals surface area contributed by atoms with Gasteiger partial charge >= 0.3 is 0 Å². The summed E-state index contributed by atoms with van der Waals surface area (Å²) in [7, 11) is 3.62. The largest absolute Gasteiger partial charge is 0.496 e. The minimum Gasteiger partial charge on any atom is -0.496 e. The first-order valence-electron chi connectivity index (χ1n) is 8.52. The van der Waals surface area contributed by atoms with Crippen LogP contribution >= 0.6 is 34.7 Å². The standard InChI is InChI=1S/C20H17ClN4OS2/c1-25-18(14-7-3-5-9-16(14)21)23-24-20(25)28-12-13-11-27-19(22-13)15-8-4-6-10-17(15)26-2/h3-11H,12H2,1-2H3. The summed E-state index contributed by atoms with van der Waals surface area (Å²) in [6.45, 7) is 0. The summed E-state index contributed by atoms with van der Waals surface area (Å²) in [4.78, 5) is 4.75. The van der Waals surface area contributed by atoms with Crippen LogP contribution < -0.4 is 4.74 Å². The van der Waals surface area contributed by atoms with Gasteiger partial charge in [-0.2, -0.15) is 0 Å². The molecule has 4 rings (SSSR count). The molecule has 0 spiro atoms. The fourth-order valence-corrected chi connectivity index (χ4v) is 4.75. The highest BCUT2D eigenvalue weighted by Gasteiger charge is 2.15. The summed E-state index contributed by atoms with van der Waals surface area (Å²) in [5, 5.41) is 13.1. The third kappa shape index (κ3) is 3.78. The van der Waals surface area contributed by atoms with Gasteiger partial charge in [-0.3, -0.25) is 0 Å². The highest BCUT2D eigenvalue weighted by Crippen LogP contribution is 2.34. The van der Waals surface area contributed by atoms with Crippen molar-refractivity contribution in [2.45, 2.75) is 10.9 Å². The van der Waals surface area contributed by atoms with Gasteiger partial charge in [0.15, 0.2) is 11.0 Å². The van der Waals surface area contributed by atoms with E-state index in [0.717, 1.165) is 38.6 Å². The van der Waals surface area contributed by atoms with Crippen molar-refractivity contribution in [2.75, 3.05) is 7.11 Å². The molecule has 0 aliphatic heterocycles. The number of para-hydroxylation sites is 1. The predicted octanol–water partition coefficient (Wildman–Crippen LogP) is 5.56. The molecule has 0 unspecified atom stereocenters. The highest BCUT2D eigenvalue weighted by atomic mass is 35.5. The number of nitrogens with zero attached hydrogens (tertiary/aromatic N) is 4. The van der Waals surface area contributed by atoms with Crippen molar-refractivity contribution in [3.63, 3.8) is 0 Å². The summed E-state index contributed by atoms with van der Waals surface area (Å²) in [5.74, 6) is 2.29. The van der Waals surface area contributed by atoms with Crippen LogP contribution in [0.2, 0.25) is 5.02 Å². The Labute approximate surface area is 176 Å². The molecule has 0 saturated carbocycles.